The fraction of sp³-hybridized carbons (Fsp3) is 0.467. The molecule has 0 aromatic carbocycles. The maximum absolute atomic E-state index is 5.11. The summed E-state index contributed by atoms with van der Waals surface area (Å²) in [5.74, 6) is 0.452. The van der Waals surface area contributed by atoms with E-state index in [1.807, 2.05) is 12.3 Å². The molecule has 0 saturated heterocycles. The Kier molecular flexibility index (Phi) is 5.64. The minimum atomic E-state index is 0.0800. The van der Waals surface area contributed by atoms with Crippen LogP contribution in [0, 0.1) is 0 Å². The number of thiazole rings is 1. The molecule has 4 nitrogen and oxygen atoms in total. The summed E-state index contributed by atoms with van der Waals surface area (Å²) >= 11 is 1.70. The van der Waals surface area contributed by atoms with Gasteiger partial charge in [0.05, 0.1) is 18.3 Å². The molecule has 0 fully saturated rings. The molecule has 0 bridgehead atoms. The normalized spacial score (nSPS) is 12.8. The maximum atomic E-state index is 5.11. The molecule has 0 aliphatic rings. The van der Waals surface area contributed by atoms with Crippen molar-refractivity contribution in [2.75, 3.05) is 20.3 Å². The number of hydrogen-bond acceptors (Lipinski definition) is 5. The molecule has 2 aromatic rings. The van der Waals surface area contributed by atoms with Gasteiger partial charge >= 0.3 is 0 Å². The Hall–Kier alpha value is -1.30. The maximum Gasteiger partial charge on any atom is 0.114 e. The van der Waals surface area contributed by atoms with Crippen LogP contribution in [0.15, 0.2) is 29.9 Å². The number of pyridine rings is 1. The van der Waals surface area contributed by atoms with E-state index in [9.17, 15) is 0 Å². The van der Waals surface area contributed by atoms with Crippen LogP contribution in [0.25, 0.3) is 0 Å². The molecule has 1 N–H and O–H groups in total. The van der Waals surface area contributed by atoms with Crippen LogP contribution < -0.4 is 5.32 Å². The molecule has 0 amide bonds. The van der Waals surface area contributed by atoms with Crippen molar-refractivity contribution < 1.29 is 4.74 Å². The van der Waals surface area contributed by atoms with Crippen molar-refractivity contribution in [1.82, 2.24) is 15.3 Å². The van der Waals surface area contributed by atoms with Gasteiger partial charge in [0.25, 0.3) is 0 Å². The van der Waals surface area contributed by atoms with Crippen molar-refractivity contribution in [2.45, 2.75) is 25.8 Å². The highest BCUT2D eigenvalue weighted by Gasteiger charge is 2.18. The van der Waals surface area contributed by atoms with E-state index in [4.69, 9.17) is 9.72 Å². The Labute approximate surface area is 124 Å². The zero-order valence-corrected chi connectivity index (χ0v) is 13.0. The number of rotatable bonds is 7. The van der Waals surface area contributed by atoms with E-state index in [1.165, 1.54) is 0 Å². The lowest BCUT2D eigenvalue weighted by Crippen LogP contribution is -2.26. The molecule has 1 unspecified atom stereocenters. The van der Waals surface area contributed by atoms with E-state index in [0.717, 1.165) is 22.8 Å². The van der Waals surface area contributed by atoms with Crippen molar-refractivity contribution in [1.29, 1.82) is 0 Å². The van der Waals surface area contributed by atoms with Crippen LogP contribution in [0.5, 0.6) is 0 Å². The second-order valence-corrected chi connectivity index (χ2v) is 5.82. The third-order valence-corrected chi connectivity index (χ3v) is 3.98. The molecule has 2 rings (SSSR count). The monoisotopic (exact) mass is 291 g/mol. The summed E-state index contributed by atoms with van der Waals surface area (Å²) < 4.78 is 5.11. The molecule has 0 aliphatic carbocycles. The van der Waals surface area contributed by atoms with Crippen LogP contribution >= 0.6 is 11.3 Å². The summed E-state index contributed by atoms with van der Waals surface area (Å²) in [6, 6.07) is 4.11. The largest absolute Gasteiger partial charge is 0.383 e. The lowest BCUT2D eigenvalue weighted by atomic mass is 10.1. The van der Waals surface area contributed by atoms with Gasteiger partial charge in [-0.05, 0) is 17.5 Å². The van der Waals surface area contributed by atoms with Gasteiger partial charge in [0.1, 0.15) is 5.01 Å². The third-order valence-electron chi connectivity index (χ3n) is 3.05. The zero-order valence-electron chi connectivity index (χ0n) is 12.2. The molecule has 0 saturated carbocycles. The molecule has 20 heavy (non-hydrogen) atoms. The second-order valence-electron chi connectivity index (χ2n) is 4.93. The van der Waals surface area contributed by atoms with E-state index in [1.54, 1.807) is 24.6 Å². The fourth-order valence-electron chi connectivity index (χ4n) is 1.90. The van der Waals surface area contributed by atoms with E-state index in [2.05, 4.69) is 35.6 Å². The van der Waals surface area contributed by atoms with Crippen LogP contribution in [0.4, 0.5) is 0 Å². The average molecular weight is 291 g/mol. The van der Waals surface area contributed by atoms with Crippen molar-refractivity contribution in [3.63, 3.8) is 0 Å². The summed E-state index contributed by atoms with van der Waals surface area (Å²) in [7, 11) is 1.71. The number of aromatic nitrogens is 2. The molecular formula is C15H21N3OS. The van der Waals surface area contributed by atoms with Crippen LogP contribution in [-0.2, 0) is 4.74 Å². The first-order valence-electron chi connectivity index (χ1n) is 6.80. The van der Waals surface area contributed by atoms with Gasteiger partial charge in [-0.1, -0.05) is 19.9 Å². The number of nitrogens with one attached hydrogen (secondary N) is 1. The summed E-state index contributed by atoms with van der Waals surface area (Å²) in [5.41, 5.74) is 2.28. The topological polar surface area (TPSA) is 47.0 Å². The van der Waals surface area contributed by atoms with E-state index < -0.39 is 0 Å². The van der Waals surface area contributed by atoms with Gasteiger partial charge in [-0.15, -0.1) is 11.3 Å². The molecule has 0 aliphatic heterocycles. The summed E-state index contributed by atoms with van der Waals surface area (Å²) in [5, 5.41) is 6.71. The van der Waals surface area contributed by atoms with E-state index in [0.29, 0.717) is 12.5 Å². The van der Waals surface area contributed by atoms with E-state index >= 15 is 0 Å². The van der Waals surface area contributed by atoms with Gasteiger partial charge in [0, 0.05) is 31.4 Å². The van der Waals surface area contributed by atoms with Gasteiger partial charge < -0.3 is 10.1 Å². The summed E-state index contributed by atoms with van der Waals surface area (Å²) in [6.45, 7) is 5.79. The number of nitrogens with zero attached hydrogens (tertiary/aromatic N) is 2. The van der Waals surface area contributed by atoms with Crippen LogP contribution in [0.2, 0.25) is 0 Å². The highest BCUT2D eigenvalue weighted by Crippen LogP contribution is 2.27. The first-order chi connectivity index (χ1) is 9.72. The minimum Gasteiger partial charge on any atom is -0.383 e. The SMILES string of the molecule is COCCNC(c1cccnc1)c1nc(C(C)C)cs1. The lowest BCUT2D eigenvalue weighted by molar-refractivity contribution is 0.197. The number of hydrogen-bond donors (Lipinski definition) is 1. The smallest absolute Gasteiger partial charge is 0.114 e. The quantitative estimate of drug-likeness (QED) is 0.797. The van der Waals surface area contributed by atoms with Gasteiger partial charge in [0.2, 0.25) is 0 Å². The van der Waals surface area contributed by atoms with Gasteiger partial charge in [-0.2, -0.15) is 0 Å². The van der Waals surface area contributed by atoms with Gasteiger partial charge in [-0.25, -0.2) is 4.98 Å². The van der Waals surface area contributed by atoms with Crippen LogP contribution in [0.3, 0.4) is 0 Å². The van der Waals surface area contributed by atoms with E-state index in [-0.39, 0.29) is 6.04 Å². The molecule has 5 heteroatoms. The molecule has 0 radical (unpaired) electrons. The van der Waals surface area contributed by atoms with Crippen molar-refractivity contribution in [3.05, 3.63) is 46.2 Å². The minimum absolute atomic E-state index is 0.0800. The molecular weight excluding hydrogens is 270 g/mol. The Bertz CT molecular complexity index is 513. The lowest BCUT2D eigenvalue weighted by Gasteiger charge is -2.16. The third kappa shape index (κ3) is 3.85. The predicted molar refractivity (Wildman–Crippen MR) is 82.2 cm³/mol. The molecule has 0 spiro atoms. The molecule has 2 heterocycles. The molecule has 2 aromatic heterocycles. The zero-order chi connectivity index (χ0) is 14.4. The highest BCUT2D eigenvalue weighted by molar-refractivity contribution is 7.09. The molecule has 108 valence electrons. The Balaban J connectivity index is 2.21. The predicted octanol–water partition coefficient (Wildman–Crippen LogP) is 2.99. The first-order valence-corrected chi connectivity index (χ1v) is 7.68. The first kappa shape index (κ1) is 15.1. The average Bonchev–Trinajstić information content (AvgIpc) is 2.94. The Morgan fingerprint density at radius 3 is 2.85 bits per heavy atom. The Morgan fingerprint density at radius 1 is 1.40 bits per heavy atom. The number of methoxy groups -OCH3 is 1. The van der Waals surface area contributed by atoms with Gasteiger partial charge in [-0.3, -0.25) is 4.98 Å². The van der Waals surface area contributed by atoms with Crippen molar-refractivity contribution in [3.8, 4) is 0 Å². The number of ether oxygens (including phenoxy) is 1. The molecule has 1 atom stereocenters. The standard InChI is InChI=1S/C15H21N3OS/c1-11(2)13-10-20-15(18-13)14(17-7-8-19-3)12-5-4-6-16-9-12/h4-6,9-11,14,17H,7-8H2,1-3H3. The fourth-order valence-corrected chi connectivity index (χ4v) is 2.98. The highest BCUT2D eigenvalue weighted by atomic mass is 32.1. The van der Waals surface area contributed by atoms with Crippen LogP contribution in [-0.4, -0.2) is 30.2 Å². The second kappa shape index (κ2) is 7.47. The Morgan fingerprint density at radius 2 is 2.25 bits per heavy atom. The van der Waals surface area contributed by atoms with Gasteiger partial charge in [0.15, 0.2) is 0 Å². The van der Waals surface area contributed by atoms with Crippen LogP contribution in [0.1, 0.15) is 42.1 Å². The van der Waals surface area contributed by atoms with Crippen molar-refractivity contribution in [2.24, 2.45) is 0 Å². The summed E-state index contributed by atoms with van der Waals surface area (Å²) in [6.07, 6.45) is 3.68. The summed E-state index contributed by atoms with van der Waals surface area (Å²) in [4.78, 5) is 8.96. The van der Waals surface area contributed by atoms with Crippen molar-refractivity contribution >= 4 is 11.3 Å².